The number of nitrogens with zero attached hydrogens (tertiary/aromatic N) is 12. The molecule has 17 aromatic carbocycles. The van der Waals surface area contributed by atoms with Gasteiger partial charge in [0.1, 0.15) is 28.6 Å². The van der Waals surface area contributed by atoms with Gasteiger partial charge in [-0.1, -0.05) is 419 Å². The van der Waals surface area contributed by atoms with E-state index in [2.05, 4.69) is 413 Å². The first-order valence-electron chi connectivity index (χ1n) is 47.7. The first-order chi connectivity index (χ1) is 70.3. The molecule has 0 fully saturated rings. The van der Waals surface area contributed by atoms with Gasteiger partial charge in [0.2, 0.25) is 0 Å². The van der Waals surface area contributed by atoms with E-state index >= 15 is 4.57 Å². The molecular weight excluding hydrogens is 1750 g/mol. The average molecular weight is 1840 g/mol. The molecule has 0 bridgehead atoms. The normalized spacial score (nSPS) is 11.5. The van der Waals surface area contributed by atoms with E-state index in [1.807, 2.05) is 142 Å². The van der Waals surface area contributed by atoms with E-state index in [1.54, 1.807) is 0 Å². The summed E-state index contributed by atoms with van der Waals surface area (Å²) in [6, 6.07) is 180. The van der Waals surface area contributed by atoms with E-state index in [1.165, 1.54) is 38.4 Å². The van der Waals surface area contributed by atoms with Gasteiger partial charge in [-0.25, -0.2) is 27.6 Å². The quantitative estimate of drug-likeness (QED) is 0.0994. The Labute approximate surface area is 818 Å². The Bertz CT molecular complexity index is 9510. The lowest BCUT2D eigenvalue weighted by Crippen LogP contribution is -2.26. The van der Waals surface area contributed by atoms with Crippen molar-refractivity contribution in [1.29, 1.82) is 0 Å². The maximum atomic E-state index is 15.4. The molecule has 11 heterocycles. The van der Waals surface area contributed by atoms with E-state index in [0.717, 1.165) is 188 Å². The largest absolute Gasteiger partial charge is 0.308 e. The highest BCUT2D eigenvalue weighted by atomic mass is 31.2. The number of fused-ring (bicyclic) bond motifs is 16. The van der Waals surface area contributed by atoms with Gasteiger partial charge < -0.3 is 4.57 Å². The van der Waals surface area contributed by atoms with Crippen molar-refractivity contribution in [2.24, 2.45) is 0 Å². The number of para-hydroxylation sites is 6. The summed E-state index contributed by atoms with van der Waals surface area (Å²) in [5, 5.41) is 33.5. The molecule has 0 amide bonds. The molecular formula is C128H87N12OP. The van der Waals surface area contributed by atoms with Crippen LogP contribution < -0.4 is 15.9 Å². The third kappa shape index (κ3) is 15.5. The van der Waals surface area contributed by atoms with Crippen LogP contribution in [0.15, 0.2) is 528 Å². The lowest BCUT2D eigenvalue weighted by Gasteiger charge is -2.20. The van der Waals surface area contributed by atoms with Crippen LogP contribution in [0.2, 0.25) is 0 Å². The van der Waals surface area contributed by atoms with Crippen LogP contribution in [0.5, 0.6) is 0 Å². The van der Waals surface area contributed by atoms with Crippen LogP contribution in [0.4, 0.5) is 0 Å². The van der Waals surface area contributed by atoms with Crippen LogP contribution in [0.3, 0.4) is 0 Å². The van der Waals surface area contributed by atoms with Gasteiger partial charge in [0.25, 0.3) is 0 Å². The van der Waals surface area contributed by atoms with Crippen molar-refractivity contribution in [1.82, 2.24) is 57.6 Å². The molecule has 14 heteroatoms. The van der Waals surface area contributed by atoms with Gasteiger partial charge in [0.05, 0.1) is 71.5 Å². The molecule has 0 N–H and O–H groups in total. The molecule has 0 atom stereocenters. The summed E-state index contributed by atoms with van der Waals surface area (Å²) in [6.45, 7) is 0. The summed E-state index contributed by atoms with van der Waals surface area (Å²) in [5.41, 5.74) is 34.2. The number of hydrogen-bond acceptors (Lipinski definition) is 7. The first-order valence-corrected chi connectivity index (χ1v) is 49.4. The Morgan fingerprint density at radius 3 is 0.944 bits per heavy atom. The van der Waals surface area contributed by atoms with Gasteiger partial charge in [-0.2, -0.15) is 25.5 Å². The zero-order valence-corrected chi connectivity index (χ0v) is 77.8. The maximum Gasteiger partial charge on any atom is 0.175 e. The van der Waals surface area contributed by atoms with E-state index in [9.17, 15) is 0 Å². The van der Waals surface area contributed by atoms with Crippen molar-refractivity contribution in [3.05, 3.63) is 528 Å². The Morgan fingerprint density at radius 1 is 0.197 bits per heavy atom. The predicted molar refractivity (Wildman–Crippen MR) is 585 cm³/mol. The third-order valence-electron chi connectivity index (χ3n) is 26.8. The molecule has 28 aromatic rings. The van der Waals surface area contributed by atoms with Gasteiger partial charge in [0, 0.05) is 99.5 Å². The zero-order valence-electron chi connectivity index (χ0n) is 77.0. The minimum Gasteiger partial charge on any atom is -0.308 e. The number of benzene rings is 17. The second-order valence-electron chi connectivity index (χ2n) is 35.3. The molecule has 0 saturated heterocycles. The topological polar surface area (TPSA) is 121 Å². The summed E-state index contributed by atoms with van der Waals surface area (Å²) in [4.78, 5) is 5.00. The van der Waals surface area contributed by atoms with Crippen LogP contribution in [0.25, 0.3) is 211 Å². The summed E-state index contributed by atoms with van der Waals surface area (Å²) in [7, 11) is -3.24. The molecule has 0 spiro atoms. The number of imidazole rings is 1. The highest BCUT2D eigenvalue weighted by molar-refractivity contribution is 7.86. The van der Waals surface area contributed by atoms with Gasteiger partial charge in [-0.3, -0.25) is 4.57 Å². The Hall–Kier alpha value is -18.8. The number of hydrogen-bond donors (Lipinski definition) is 0. The summed E-state index contributed by atoms with van der Waals surface area (Å²) < 4.78 is 27.8. The molecule has 0 saturated carbocycles. The van der Waals surface area contributed by atoms with Crippen molar-refractivity contribution in [2.45, 2.75) is 0 Å². The fourth-order valence-electron chi connectivity index (χ4n) is 20.1. The van der Waals surface area contributed by atoms with Crippen LogP contribution in [-0.2, 0) is 4.57 Å². The number of aromatic nitrogens is 12. The van der Waals surface area contributed by atoms with Crippen molar-refractivity contribution >= 4 is 116 Å². The maximum absolute atomic E-state index is 15.4. The van der Waals surface area contributed by atoms with E-state index in [-0.39, 0.29) is 0 Å². The zero-order chi connectivity index (χ0) is 94.4. The molecule has 13 nitrogen and oxygen atoms in total. The van der Waals surface area contributed by atoms with Gasteiger partial charge in [-0.15, -0.1) is 0 Å². The molecule has 0 aliphatic rings. The summed E-state index contributed by atoms with van der Waals surface area (Å²) in [6.07, 6.45) is 2.12. The van der Waals surface area contributed by atoms with Crippen LogP contribution in [0, 0.1) is 0 Å². The van der Waals surface area contributed by atoms with Crippen LogP contribution >= 0.6 is 7.14 Å². The molecule has 0 aliphatic carbocycles. The molecule has 670 valence electrons. The Balaban J connectivity index is 0.0000000999. The fourth-order valence-corrected chi connectivity index (χ4v) is 23.1. The fraction of sp³-hybridized carbons (Fsp3) is 0. The van der Waals surface area contributed by atoms with Gasteiger partial charge in [0.15, 0.2) is 7.14 Å². The number of rotatable bonds is 14. The van der Waals surface area contributed by atoms with E-state index in [4.69, 9.17) is 30.5 Å². The molecule has 142 heavy (non-hydrogen) atoms. The minimum atomic E-state index is -3.24. The minimum absolute atomic E-state index is 0.753. The third-order valence-corrected chi connectivity index (χ3v) is 29.9. The summed E-state index contributed by atoms with van der Waals surface area (Å²) in [5.74, 6) is 0.932. The molecule has 11 aromatic heterocycles. The monoisotopic (exact) mass is 1840 g/mol. The van der Waals surface area contributed by atoms with Crippen LogP contribution in [-0.4, -0.2) is 57.6 Å². The average Bonchev–Trinajstić information content (AvgIpc) is 1.56. The second kappa shape index (κ2) is 36.7. The molecule has 0 radical (unpaired) electrons. The van der Waals surface area contributed by atoms with Crippen molar-refractivity contribution in [3.63, 3.8) is 0 Å². The SMILES string of the molecule is O=P(c1ccccc1)(c1ccccc1)c1c(-c2ccccc2)nn2c1ccc1ccccc12.c1ccc(-c2cc(-c3ccccc3)cc(-c3c(-c4ccccc4)nn4c3ccc3ccccc34)c2)cc1.c1ccc(-c2nn3c(ccc4ccccc43)c2-c2ccc(-n3c(-c4ccccc4)nc4ccccc43)cc2)cc1.c1ccc(-c2nn3c(ccc4ccccc43)c2-c2ccc3c4ccccc4nn3c2)cc1. The van der Waals surface area contributed by atoms with Crippen molar-refractivity contribution < 1.29 is 4.57 Å². The second-order valence-corrected chi connectivity index (χ2v) is 38.0. The highest BCUT2D eigenvalue weighted by Crippen LogP contribution is 2.49. The number of pyridine rings is 5. The van der Waals surface area contributed by atoms with E-state index in [0.29, 0.717) is 0 Å². The highest BCUT2D eigenvalue weighted by Gasteiger charge is 2.37. The Morgan fingerprint density at radius 2 is 0.507 bits per heavy atom. The molecule has 28 rings (SSSR count). The Kier molecular flexibility index (Phi) is 21.9. The molecule has 0 aliphatic heterocycles. The van der Waals surface area contributed by atoms with Crippen molar-refractivity contribution in [3.8, 4) is 118 Å². The van der Waals surface area contributed by atoms with E-state index < -0.39 is 7.14 Å². The first kappa shape index (κ1) is 84.9. The predicted octanol–water partition coefficient (Wildman–Crippen LogP) is 30.4. The van der Waals surface area contributed by atoms with Crippen molar-refractivity contribution in [2.75, 3.05) is 0 Å². The van der Waals surface area contributed by atoms with Gasteiger partial charge in [-0.05, 0) is 137 Å². The summed E-state index contributed by atoms with van der Waals surface area (Å²) >= 11 is 0. The van der Waals surface area contributed by atoms with Crippen LogP contribution in [0.1, 0.15) is 0 Å². The molecule has 0 unspecified atom stereocenters. The van der Waals surface area contributed by atoms with Gasteiger partial charge >= 0.3 is 0 Å². The lowest BCUT2D eigenvalue weighted by atomic mass is 9.91. The lowest BCUT2D eigenvalue weighted by molar-refractivity contribution is 0.592. The standard InChI is InChI=1S/C36H24N4.C35H24N2.C29H21N2OP.C28H18N4/c1-3-12-27(13-4-1)35-34(33-24-21-25-11-7-9-17-31(25)40(33)38-35)26-19-22-29(23-20-26)39-32-18-10-8-16-30(32)37-36(39)28-14-5-2-6-15-28;1-4-12-25(13-5-1)29-22-30(26-14-6-2-7-15-26)24-31(23-29)34-33-21-20-27-16-10-11-19-32(27)37(33)36-35(34)28-17-8-3-9-18-28;32-33(24-15-6-2-7-16-24,25-17-8-3-9-18-25)29-27-21-20-22-12-10-11-19-26(22)31(27)30-28(29)23-13-4-1-5-14-23;1-2-9-20(10-3-1)28-27(26-17-14-19-8-4-7-13-24(19)32(26)30-28)21-15-16-25-22-11-5-6-12-23(22)29-31(25)18-21/h1-24H;1-24H;1-21H;1-18H. The smallest absolute Gasteiger partial charge is 0.175 e.